The van der Waals surface area contributed by atoms with Crippen molar-refractivity contribution >= 4 is 51.6 Å². The zero-order valence-corrected chi connectivity index (χ0v) is 27.1. The Hall–Kier alpha value is -3.70. The van der Waals surface area contributed by atoms with E-state index in [0.29, 0.717) is 51.0 Å². The maximum atomic E-state index is 13.7. The normalized spacial score (nSPS) is 26.2. The molecule has 45 heavy (non-hydrogen) atoms. The van der Waals surface area contributed by atoms with Crippen molar-refractivity contribution in [3.8, 4) is 22.2 Å². The number of ether oxygens (including phenoxy) is 2. The van der Waals surface area contributed by atoms with Crippen molar-refractivity contribution in [2.24, 2.45) is 5.92 Å². The molecule has 4 heterocycles. The number of methoxy groups -OCH3 is 1. The van der Waals surface area contributed by atoms with Gasteiger partial charge in [-0.25, -0.2) is 14.8 Å². The number of aromatic nitrogens is 2. The Morgan fingerprint density at radius 3 is 2.76 bits per heavy atom. The summed E-state index contributed by atoms with van der Waals surface area (Å²) in [7, 11) is 1.54. The molecule has 1 aromatic carbocycles. The second-order valence-corrected chi connectivity index (χ2v) is 13.6. The van der Waals surface area contributed by atoms with E-state index in [1.165, 1.54) is 11.3 Å². The van der Waals surface area contributed by atoms with Gasteiger partial charge in [-0.15, -0.1) is 11.3 Å². The third kappa shape index (κ3) is 6.12. The number of amides is 2. The van der Waals surface area contributed by atoms with Crippen molar-refractivity contribution in [3.05, 3.63) is 46.4 Å². The number of benzene rings is 1. The Balaban J connectivity index is 1.33. The average molecular weight is 653 g/mol. The number of halogens is 1. The lowest BCUT2D eigenvalue weighted by Crippen LogP contribution is -2.53. The molecule has 1 saturated heterocycles. The van der Waals surface area contributed by atoms with Gasteiger partial charge in [-0.05, 0) is 43.7 Å². The quantitative estimate of drug-likeness (QED) is 0.312. The van der Waals surface area contributed by atoms with E-state index in [-0.39, 0.29) is 30.7 Å². The van der Waals surface area contributed by atoms with Gasteiger partial charge in [0.1, 0.15) is 44.9 Å². The van der Waals surface area contributed by atoms with Gasteiger partial charge in [0.25, 0.3) is 0 Å². The number of pyridine rings is 1. The van der Waals surface area contributed by atoms with Crippen LogP contribution < -0.4 is 14.8 Å². The highest BCUT2D eigenvalue weighted by Crippen LogP contribution is 2.46. The van der Waals surface area contributed by atoms with E-state index in [1.807, 2.05) is 29.7 Å². The molecule has 6 rings (SSSR count). The molecule has 3 aromatic rings. The van der Waals surface area contributed by atoms with Gasteiger partial charge in [0.05, 0.1) is 24.9 Å². The molecule has 2 fully saturated rings. The molecule has 1 saturated carbocycles. The monoisotopic (exact) mass is 652 g/mol. The number of nitrogens with zero attached hydrogens (tertiary/aromatic N) is 3. The molecule has 3 aliphatic rings. The number of carbonyl (C=O) groups excluding carboxylic acids is 2. The molecule has 4 unspecified atom stereocenters. The van der Waals surface area contributed by atoms with Crippen LogP contribution in [0.25, 0.3) is 21.6 Å². The number of thiazole rings is 1. The van der Waals surface area contributed by atoms with Crippen LogP contribution >= 0.6 is 22.9 Å². The number of hydrogen-bond donors (Lipinski definition) is 2. The fourth-order valence-electron chi connectivity index (χ4n) is 6.21. The minimum absolute atomic E-state index is 0.136. The lowest BCUT2D eigenvalue weighted by Gasteiger charge is -2.25. The zero-order valence-electron chi connectivity index (χ0n) is 25.5. The Kier molecular flexibility index (Phi) is 8.76. The second-order valence-electron chi connectivity index (χ2n) is 12.4. The van der Waals surface area contributed by atoms with Crippen LogP contribution in [0.5, 0.6) is 11.5 Å². The van der Waals surface area contributed by atoms with Crippen molar-refractivity contribution in [2.45, 2.75) is 82.4 Å². The molecule has 0 bridgehead atoms. The molecule has 2 aromatic heterocycles. The van der Waals surface area contributed by atoms with Gasteiger partial charge in [-0.1, -0.05) is 44.0 Å². The first-order valence-corrected chi connectivity index (χ1v) is 16.7. The minimum Gasteiger partial charge on any atom is -0.495 e. The fourth-order valence-corrected chi connectivity index (χ4v) is 7.44. The van der Waals surface area contributed by atoms with Gasteiger partial charge in [-0.3, -0.25) is 9.59 Å². The van der Waals surface area contributed by atoms with Crippen molar-refractivity contribution in [1.82, 2.24) is 20.2 Å². The summed E-state index contributed by atoms with van der Waals surface area (Å²) in [5.74, 6) is -0.720. The number of nitrogens with one attached hydrogen (secondary N) is 1. The Morgan fingerprint density at radius 2 is 2.02 bits per heavy atom. The third-order valence-corrected chi connectivity index (χ3v) is 10.2. The van der Waals surface area contributed by atoms with Gasteiger partial charge in [-0.2, -0.15) is 0 Å². The number of allylic oxidation sites excluding steroid dienone is 1. The highest BCUT2D eigenvalue weighted by molar-refractivity contribution is 7.13. The van der Waals surface area contributed by atoms with Crippen LogP contribution in [-0.4, -0.2) is 69.1 Å². The van der Waals surface area contributed by atoms with E-state index in [9.17, 15) is 19.5 Å². The van der Waals surface area contributed by atoms with Gasteiger partial charge in [0, 0.05) is 35.6 Å². The van der Waals surface area contributed by atoms with Gasteiger partial charge in [0.15, 0.2) is 0 Å². The van der Waals surface area contributed by atoms with E-state index in [1.54, 1.807) is 18.1 Å². The third-order valence-electron chi connectivity index (χ3n) is 8.95. The fraction of sp³-hybridized carbons (Fsp3) is 0.485. The first-order valence-electron chi connectivity index (χ1n) is 15.4. The van der Waals surface area contributed by atoms with Crippen LogP contribution in [0.15, 0.2) is 35.7 Å². The molecule has 10 nitrogen and oxygen atoms in total. The molecule has 2 aliphatic heterocycles. The number of rotatable bonds is 6. The minimum atomic E-state index is -1.35. The molecule has 12 heteroatoms. The lowest BCUT2D eigenvalue weighted by atomic mass is 10.1. The van der Waals surface area contributed by atoms with Gasteiger partial charge >= 0.3 is 5.97 Å². The summed E-state index contributed by atoms with van der Waals surface area (Å²) in [5.41, 5.74) is 0.691. The maximum Gasteiger partial charge on any atom is 0.330 e. The van der Waals surface area contributed by atoms with Crippen molar-refractivity contribution in [3.63, 3.8) is 0 Å². The smallest absolute Gasteiger partial charge is 0.330 e. The van der Waals surface area contributed by atoms with E-state index in [0.717, 1.165) is 31.4 Å². The van der Waals surface area contributed by atoms with E-state index in [4.69, 9.17) is 31.0 Å². The number of hydrogen-bond acceptors (Lipinski definition) is 8. The van der Waals surface area contributed by atoms with Crippen molar-refractivity contribution < 1.29 is 29.0 Å². The van der Waals surface area contributed by atoms with Crippen molar-refractivity contribution in [2.75, 3.05) is 13.7 Å². The van der Waals surface area contributed by atoms with Crippen LogP contribution in [0.2, 0.25) is 5.02 Å². The molecule has 2 amide bonds. The topological polar surface area (TPSA) is 131 Å². The molecular weight excluding hydrogens is 616 g/mol. The summed E-state index contributed by atoms with van der Waals surface area (Å²) in [4.78, 5) is 50.6. The van der Waals surface area contributed by atoms with E-state index < -0.39 is 29.6 Å². The first-order chi connectivity index (χ1) is 21.6. The molecule has 0 radical (unpaired) electrons. The maximum absolute atomic E-state index is 13.7. The van der Waals surface area contributed by atoms with Crippen LogP contribution in [0.3, 0.4) is 0 Å². The summed E-state index contributed by atoms with van der Waals surface area (Å²) in [6.45, 7) is 4.35. The van der Waals surface area contributed by atoms with Gasteiger partial charge in [0.2, 0.25) is 11.8 Å². The largest absolute Gasteiger partial charge is 0.495 e. The summed E-state index contributed by atoms with van der Waals surface area (Å²) >= 11 is 8.22. The van der Waals surface area contributed by atoms with Crippen LogP contribution in [0.4, 0.5) is 0 Å². The molecular formula is C33H37ClN4O6S. The molecule has 1 aliphatic carbocycles. The predicted octanol–water partition coefficient (Wildman–Crippen LogP) is 5.97. The number of carboxylic acid groups (broad SMARTS) is 1. The number of aliphatic carboxylic acids is 1. The average Bonchev–Trinajstić information content (AvgIpc) is 3.33. The summed E-state index contributed by atoms with van der Waals surface area (Å²) in [6, 6.07) is 4.55. The van der Waals surface area contributed by atoms with E-state index in [2.05, 4.69) is 19.2 Å². The van der Waals surface area contributed by atoms with Crippen LogP contribution in [-0.2, 0) is 14.4 Å². The second kappa shape index (κ2) is 12.6. The summed E-state index contributed by atoms with van der Waals surface area (Å²) in [5, 5.41) is 16.6. The van der Waals surface area contributed by atoms with E-state index >= 15 is 0 Å². The number of fused-ring (bicyclic) bond motifs is 3. The first kappa shape index (κ1) is 31.3. The lowest BCUT2D eigenvalue weighted by molar-refractivity contribution is -0.145. The Morgan fingerprint density at radius 1 is 1.20 bits per heavy atom. The summed E-state index contributed by atoms with van der Waals surface area (Å²) in [6.07, 6.45) is 7.55. The molecule has 0 spiro atoms. The SMILES string of the molecule is COc1ccc2c(OC3CC4C(=O)NC5(C(=O)O)CC5/C=C/CCCCCC(=O)N4C3)cc(-c3nc(C(C)C)cs3)nc2c1Cl. The number of carbonyl (C=O) groups is 3. The summed E-state index contributed by atoms with van der Waals surface area (Å²) < 4.78 is 12.1. The van der Waals surface area contributed by atoms with Crippen LogP contribution in [0.1, 0.15) is 70.4 Å². The zero-order chi connectivity index (χ0) is 31.9. The number of carboxylic acids is 1. The van der Waals surface area contributed by atoms with Gasteiger partial charge < -0.3 is 24.8 Å². The Labute approximate surface area is 270 Å². The molecule has 238 valence electrons. The highest BCUT2D eigenvalue weighted by Gasteiger charge is 2.61. The standard InChI is InChI=1S/C33H37ClN4O6S/c1-18(2)23-17-45-31(36-23)22-14-26(21-11-12-25(43-3)28(34)29(21)35-22)44-20-13-24-30(40)37-33(32(41)42)15-19(33)9-7-5-4-6-8-10-27(39)38(24)16-20/h7,9,11-12,14,17-20,24H,4-6,8,10,13,15-16H2,1-3H3,(H,37,40)(H,41,42)/b9-7+. The Bertz CT molecular complexity index is 1670. The molecule has 2 N–H and O–H groups in total. The predicted molar refractivity (Wildman–Crippen MR) is 172 cm³/mol. The van der Waals surface area contributed by atoms with Crippen molar-refractivity contribution in [1.29, 1.82) is 0 Å². The highest BCUT2D eigenvalue weighted by atomic mass is 35.5. The van der Waals surface area contributed by atoms with Crippen LogP contribution in [0, 0.1) is 5.92 Å². The molecule has 4 atom stereocenters.